The molecule has 0 bridgehead atoms. The van der Waals surface area contributed by atoms with E-state index in [4.69, 9.17) is 27.9 Å². The number of nitrogens with zero attached hydrogens (tertiary/aromatic N) is 2. The van der Waals surface area contributed by atoms with Crippen LogP contribution in [0.5, 0.6) is 5.75 Å². The van der Waals surface area contributed by atoms with Crippen molar-refractivity contribution in [2.24, 2.45) is 0 Å². The molecule has 0 aliphatic carbocycles. The molecule has 2 N–H and O–H groups in total. The normalized spacial score (nSPS) is 10.7. The molecule has 7 heteroatoms. The molecule has 2 aromatic carbocycles. The molecule has 5 nitrogen and oxygen atoms in total. The molecule has 0 saturated carbocycles. The average Bonchev–Trinajstić information content (AvgIpc) is 2.60. The quantitative estimate of drug-likeness (QED) is 0.537. The number of hydrogen-bond acceptors (Lipinski definition) is 5. The number of nitrogens with one attached hydrogen (secondary N) is 2. The minimum absolute atomic E-state index is 0.140. The molecule has 0 amide bonds. The summed E-state index contributed by atoms with van der Waals surface area (Å²) in [6, 6.07) is 14.7. The summed E-state index contributed by atoms with van der Waals surface area (Å²) >= 11 is 12.3. The molecule has 3 aromatic rings. The number of halogens is 2. The monoisotopic (exact) mass is 388 g/mol. The second-order valence-corrected chi connectivity index (χ2v) is 6.62. The van der Waals surface area contributed by atoms with Crippen LogP contribution in [-0.2, 0) is 0 Å². The van der Waals surface area contributed by atoms with Crippen LogP contribution in [0.3, 0.4) is 0 Å². The van der Waals surface area contributed by atoms with Crippen molar-refractivity contribution >= 4 is 46.3 Å². The van der Waals surface area contributed by atoms with Crippen LogP contribution in [-0.4, -0.2) is 16.1 Å². The van der Waals surface area contributed by atoms with E-state index in [0.717, 1.165) is 11.4 Å². The molecule has 1 heterocycles. The Hall–Kier alpha value is -2.50. The molecule has 0 fully saturated rings. The summed E-state index contributed by atoms with van der Waals surface area (Å²) in [4.78, 5) is 8.64. The number of ether oxygens (including phenoxy) is 1. The molecule has 0 spiro atoms. The fourth-order valence-corrected chi connectivity index (χ4v) is 2.75. The van der Waals surface area contributed by atoms with Gasteiger partial charge in [-0.25, -0.2) is 4.98 Å². The molecule has 26 heavy (non-hydrogen) atoms. The zero-order valence-corrected chi connectivity index (χ0v) is 15.8. The summed E-state index contributed by atoms with van der Waals surface area (Å²) in [6.45, 7) is 3.99. The highest BCUT2D eigenvalue weighted by atomic mass is 35.5. The lowest BCUT2D eigenvalue weighted by molar-refractivity contribution is 0.242. The fraction of sp³-hybridized carbons (Fsp3) is 0.158. The second-order valence-electron chi connectivity index (χ2n) is 5.80. The van der Waals surface area contributed by atoms with Crippen molar-refractivity contribution in [2.75, 3.05) is 10.6 Å². The SMILES string of the molecule is CC(C)Oc1ccc(Nc2ccnc(Nc3c(Cl)cccc3Cl)n2)cc1. The maximum atomic E-state index is 6.17. The van der Waals surface area contributed by atoms with Gasteiger partial charge >= 0.3 is 0 Å². The highest BCUT2D eigenvalue weighted by molar-refractivity contribution is 6.39. The van der Waals surface area contributed by atoms with E-state index in [1.165, 1.54) is 0 Å². The molecule has 0 atom stereocenters. The summed E-state index contributed by atoms with van der Waals surface area (Å²) in [6.07, 6.45) is 1.79. The van der Waals surface area contributed by atoms with Gasteiger partial charge in [0.05, 0.1) is 21.8 Å². The molecule has 1 aromatic heterocycles. The highest BCUT2D eigenvalue weighted by Crippen LogP contribution is 2.31. The minimum atomic E-state index is 0.140. The molecule has 134 valence electrons. The number of anilines is 4. The highest BCUT2D eigenvalue weighted by Gasteiger charge is 2.08. The topological polar surface area (TPSA) is 59.1 Å². The lowest BCUT2D eigenvalue weighted by Crippen LogP contribution is -2.05. The fourth-order valence-electron chi connectivity index (χ4n) is 2.25. The van der Waals surface area contributed by atoms with E-state index in [1.54, 1.807) is 30.5 Å². The van der Waals surface area contributed by atoms with Gasteiger partial charge in [-0.2, -0.15) is 4.98 Å². The lowest BCUT2D eigenvalue weighted by Gasteiger charge is -2.12. The maximum absolute atomic E-state index is 6.17. The van der Waals surface area contributed by atoms with E-state index in [-0.39, 0.29) is 6.10 Å². The van der Waals surface area contributed by atoms with Crippen molar-refractivity contribution in [3.8, 4) is 5.75 Å². The van der Waals surface area contributed by atoms with Crippen molar-refractivity contribution in [3.63, 3.8) is 0 Å². The van der Waals surface area contributed by atoms with Crippen LogP contribution in [0.15, 0.2) is 54.7 Å². The summed E-state index contributed by atoms with van der Waals surface area (Å²) < 4.78 is 5.64. The van der Waals surface area contributed by atoms with Gasteiger partial charge in [0.2, 0.25) is 5.95 Å². The van der Waals surface area contributed by atoms with Crippen LogP contribution in [0.2, 0.25) is 10.0 Å². The first-order valence-electron chi connectivity index (χ1n) is 8.09. The van der Waals surface area contributed by atoms with Crippen LogP contribution in [0.4, 0.5) is 23.1 Å². The molecule has 0 aliphatic rings. The van der Waals surface area contributed by atoms with Crippen LogP contribution >= 0.6 is 23.2 Å². The number of para-hydroxylation sites is 1. The van der Waals surface area contributed by atoms with E-state index >= 15 is 0 Å². The number of aromatic nitrogens is 2. The largest absolute Gasteiger partial charge is 0.491 e. The Morgan fingerprint density at radius 3 is 2.27 bits per heavy atom. The Kier molecular flexibility index (Phi) is 5.81. The average molecular weight is 389 g/mol. The van der Waals surface area contributed by atoms with Gasteiger partial charge in [-0.1, -0.05) is 29.3 Å². The number of rotatable bonds is 6. The standard InChI is InChI=1S/C19H18Cl2N4O/c1-12(2)26-14-8-6-13(7-9-14)23-17-10-11-22-19(24-17)25-18-15(20)4-3-5-16(18)21/h3-12H,1-2H3,(H2,22,23,24,25). The lowest BCUT2D eigenvalue weighted by atomic mass is 10.3. The van der Waals surface area contributed by atoms with Gasteiger partial charge in [0.25, 0.3) is 0 Å². The number of benzene rings is 2. The van der Waals surface area contributed by atoms with Crippen molar-refractivity contribution in [1.29, 1.82) is 0 Å². The smallest absolute Gasteiger partial charge is 0.229 e. The van der Waals surface area contributed by atoms with Crippen molar-refractivity contribution in [1.82, 2.24) is 9.97 Å². The Morgan fingerprint density at radius 2 is 1.62 bits per heavy atom. The van der Waals surface area contributed by atoms with Gasteiger partial charge in [0, 0.05) is 11.9 Å². The molecular formula is C19H18Cl2N4O. The first-order chi connectivity index (χ1) is 12.5. The summed E-state index contributed by atoms with van der Waals surface area (Å²) in [5.74, 6) is 1.86. The zero-order valence-electron chi connectivity index (χ0n) is 14.3. The van der Waals surface area contributed by atoms with E-state index in [0.29, 0.717) is 27.5 Å². The number of hydrogen-bond donors (Lipinski definition) is 2. The van der Waals surface area contributed by atoms with Crippen molar-refractivity contribution in [3.05, 3.63) is 64.8 Å². The summed E-state index contributed by atoms with van der Waals surface area (Å²) in [7, 11) is 0. The van der Waals surface area contributed by atoms with Crippen LogP contribution < -0.4 is 15.4 Å². The Balaban J connectivity index is 1.73. The molecular weight excluding hydrogens is 371 g/mol. The third kappa shape index (κ3) is 4.77. The predicted octanol–water partition coefficient (Wildman–Crippen LogP) is 6.06. The van der Waals surface area contributed by atoms with Crippen molar-refractivity contribution < 1.29 is 4.74 Å². The molecule has 0 radical (unpaired) electrons. The summed E-state index contributed by atoms with van der Waals surface area (Å²) in [5.41, 5.74) is 1.46. The van der Waals surface area contributed by atoms with E-state index < -0.39 is 0 Å². The molecule has 3 rings (SSSR count). The third-order valence-corrected chi connectivity index (χ3v) is 3.98. The zero-order chi connectivity index (χ0) is 18.5. The first kappa shape index (κ1) is 18.3. The van der Waals surface area contributed by atoms with Gasteiger partial charge in [-0.15, -0.1) is 0 Å². The van der Waals surface area contributed by atoms with Crippen molar-refractivity contribution in [2.45, 2.75) is 20.0 Å². The van der Waals surface area contributed by atoms with Gasteiger partial charge in [0.1, 0.15) is 11.6 Å². The van der Waals surface area contributed by atoms with Gasteiger partial charge < -0.3 is 15.4 Å². The third-order valence-electron chi connectivity index (χ3n) is 3.35. The minimum Gasteiger partial charge on any atom is -0.491 e. The molecule has 0 saturated heterocycles. The summed E-state index contributed by atoms with van der Waals surface area (Å²) in [5, 5.41) is 7.28. The van der Waals surface area contributed by atoms with Gasteiger partial charge in [-0.3, -0.25) is 0 Å². The second kappa shape index (κ2) is 8.25. The predicted molar refractivity (Wildman–Crippen MR) is 107 cm³/mol. The Bertz CT molecular complexity index is 865. The van der Waals surface area contributed by atoms with E-state index in [1.807, 2.05) is 38.1 Å². The Morgan fingerprint density at radius 1 is 0.923 bits per heavy atom. The molecule has 0 unspecified atom stereocenters. The first-order valence-corrected chi connectivity index (χ1v) is 8.84. The van der Waals surface area contributed by atoms with Gasteiger partial charge in [0.15, 0.2) is 0 Å². The van der Waals surface area contributed by atoms with Crippen LogP contribution in [0, 0.1) is 0 Å². The van der Waals surface area contributed by atoms with Crippen LogP contribution in [0.25, 0.3) is 0 Å². The van der Waals surface area contributed by atoms with Crippen LogP contribution in [0.1, 0.15) is 13.8 Å². The Labute approximate surface area is 162 Å². The van der Waals surface area contributed by atoms with Gasteiger partial charge in [-0.05, 0) is 56.3 Å². The molecule has 0 aliphatic heterocycles. The van der Waals surface area contributed by atoms with E-state index in [2.05, 4.69) is 20.6 Å². The maximum Gasteiger partial charge on any atom is 0.229 e. The van der Waals surface area contributed by atoms with E-state index in [9.17, 15) is 0 Å².